The number of aliphatic hydroxyl groups excluding tert-OH is 1. The third-order valence-electron chi connectivity index (χ3n) is 2.04. The monoisotopic (exact) mass is 186 g/mol. The molecule has 4 heteroatoms. The Morgan fingerprint density at radius 2 is 2.31 bits per heavy atom. The van der Waals surface area contributed by atoms with Crippen molar-refractivity contribution >= 4 is 5.91 Å². The van der Waals surface area contributed by atoms with Gasteiger partial charge in [-0.05, 0) is 19.8 Å². The molecule has 0 radical (unpaired) electrons. The molecule has 0 bridgehead atoms. The van der Waals surface area contributed by atoms with Gasteiger partial charge in [0.2, 0.25) is 5.91 Å². The van der Waals surface area contributed by atoms with E-state index in [0.29, 0.717) is 12.5 Å². The Morgan fingerprint density at radius 3 is 2.85 bits per heavy atom. The van der Waals surface area contributed by atoms with E-state index in [-0.39, 0.29) is 18.6 Å². The molecule has 0 aromatic rings. The molecule has 0 heterocycles. The lowest BCUT2D eigenvalue weighted by Gasteiger charge is -2.10. The summed E-state index contributed by atoms with van der Waals surface area (Å²) >= 11 is 0. The molecule has 0 spiro atoms. The van der Waals surface area contributed by atoms with Gasteiger partial charge in [0.15, 0.2) is 0 Å². The van der Waals surface area contributed by atoms with Crippen LogP contribution in [0.4, 0.5) is 0 Å². The van der Waals surface area contributed by atoms with Crippen LogP contribution in [0, 0.1) is 0 Å². The number of carbonyl (C=O) groups excluding carboxylic acids is 1. The predicted octanol–water partition coefficient (Wildman–Crippen LogP) is -0.374. The van der Waals surface area contributed by atoms with Crippen LogP contribution in [0.3, 0.4) is 0 Å². The fourth-order valence-corrected chi connectivity index (χ4v) is 1.07. The average Bonchev–Trinajstić information content (AvgIpc) is 2.88. The fraction of sp³-hybridized carbons (Fsp3) is 0.889. The quantitative estimate of drug-likeness (QED) is 0.530. The van der Waals surface area contributed by atoms with Gasteiger partial charge in [-0.25, -0.2) is 0 Å². The molecule has 0 aromatic heterocycles. The molecule has 0 aliphatic heterocycles. The zero-order valence-electron chi connectivity index (χ0n) is 8.05. The van der Waals surface area contributed by atoms with Gasteiger partial charge in [0.1, 0.15) is 0 Å². The first kappa shape index (κ1) is 10.5. The van der Waals surface area contributed by atoms with Crippen molar-refractivity contribution in [2.24, 2.45) is 0 Å². The lowest BCUT2D eigenvalue weighted by molar-refractivity contribution is -0.121. The van der Waals surface area contributed by atoms with Gasteiger partial charge in [0.05, 0.1) is 6.61 Å². The average molecular weight is 186 g/mol. The summed E-state index contributed by atoms with van der Waals surface area (Å²) in [5.41, 5.74) is 0. The Hall–Kier alpha value is -0.610. The first-order valence-electron chi connectivity index (χ1n) is 4.86. The van der Waals surface area contributed by atoms with E-state index in [2.05, 4.69) is 10.6 Å². The van der Waals surface area contributed by atoms with Crippen LogP contribution < -0.4 is 10.6 Å². The van der Waals surface area contributed by atoms with Crippen molar-refractivity contribution in [2.45, 2.75) is 38.3 Å². The van der Waals surface area contributed by atoms with Gasteiger partial charge in [0.25, 0.3) is 0 Å². The lowest BCUT2D eigenvalue weighted by Crippen LogP contribution is -2.36. The van der Waals surface area contributed by atoms with E-state index in [4.69, 9.17) is 5.11 Å². The van der Waals surface area contributed by atoms with E-state index in [1.807, 2.05) is 0 Å². The van der Waals surface area contributed by atoms with Crippen LogP contribution in [-0.2, 0) is 4.79 Å². The molecule has 1 atom stereocenters. The Labute approximate surface area is 78.7 Å². The zero-order valence-corrected chi connectivity index (χ0v) is 8.05. The fourth-order valence-electron chi connectivity index (χ4n) is 1.07. The molecule has 0 saturated heterocycles. The summed E-state index contributed by atoms with van der Waals surface area (Å²) in [6.45, 7) is 2.53. The minimum atomic E-state index is -0.131. The summed E-state index contributed by atoms with van der Waals surface area (Å²) < 4.78 is 0. The molecule has 76 valence electrons. The smallest absolute Gasteiger partial charge is 0.221 e. The minimum Gasteiger partial charge on any atom is -0.394 e. The highest BCUT2D eigenvalue weighted by Gasteiger charge is 2.20. The Kier molecular flexibility index (Phi) is 4.18. The van der Waals surface area contributed by atoms with E-state index in [9.17, 15) is 4.79 Å². The lowest BCUT2D eigenvalue weighted by atomic mass is 10.3. The van der Waals surface area contributed by atoms with Crippen LogP contribution in [0.5, 0.6) is 0 Å². The second kappa shape index (κ2) is 5.19. The minimum absolute atomic E-state index is 0.00178. The SMILES string of the molecule is C[C@@H](CO)NC(=O)CCNC1CC1. The molecule has 3 N–H and O–H groups in total. The van der Waals surface area contributed by atoms with Crippen LogP contribution in [0.15, 0.2) is 0 Å². The van der Waals surface area contributed by atoms with Gasteiger partial charge in [-0.1, -0.05) is 0 Å². The summed E-state index contributed by atoms with van der Waals surface area (Å²) in [6.07, 6.45) is 2.99. The molecule has 1 rings (SSSR count). The number of carbonyl (C=O) groups is 1. The number of aliphatic hydroxyl groups is 1. The molecular formula is C9H18N2O2. The van der Waals surface area contributed by atoms with Gasteiger partial charge in [-0.15, -0.1) is 0 Å². The first-order chi connectivity index (χ1) is 6.22. The van der Waals surface area contributed by atoms with Crippen molar-refractivity contribution in [3.05, 3.63) is 0 Å². The van der Waals surface area contributed by atoms with Crippen molar-refractivity contribution in [3.63, 3.8) is 0 Å². The molecule has 1 amide bonds. The Balaban J connectivity index is 1.96. The molecule has 4 nitrogen and oxygen atoms in total. The van der Waals surface area contributed by atoms with E-state index in [1.165, 1.54) is 12.8 Å². The van der Waals surface area contributed by atoms with Gasteiger partial charge in [0, 0.05) is 25.0 Å². The summed E-state index contributed by atoms with van der Waals surface area (Å²) in [6, 6.07) is 0.525. The van der Waals surface area contributed by atoms with Crippen LogP contribution in [0.25, 0.3) is 0 Å². The van der Waals surface area contributed by atoms with Gasteiger partial charge < -0.3 is 15.7 Å². The number of amides is 1. The summed E-state index contributed by atoms with van der Waals surface area (Å²) in [5.74, 6) is 0.00898. The summed E-state index contributed by atoms with van der Waals surface area (Å²) in [4.78, 5) is 11.2. The van der Waals surface area contributed by atoms with E-state index in [0.717, 1.165) is 6.54 Å². The Bertz CT molecular complexity index is 169. The van der Waals surface area contributed by atoms with Gasteiger partial charge in [-0.3, -0.25) is 4.79 Å². The zero-order chi connectivity index (χ0) is 9.68. The molecule has 13 heavy (non-hydrogen) atoms. The number of rotatable bonds is 6. The second-order valence-electron chi connectivity index (χ2n) is 3.63. The highest BCUT2D eigenvalue weighted by Crippen LogP contribution is 2.18. The van der Waals surface area contributed by atoms with Crippen LogP contribution in [0.1, 0.15) is 26.2 Å². The van der Waals surface area contributed by atoms with Gasteiger partial charge >= 0.3 is 0 Å². The van der Waals surface area contributed by atoms with Crippen LogP contribution in [0.2, 0.25) is 0 Å². The van der Waals surface area contributed by atoms with E-state index >= 15 is 0 Å². The molecule has 0 aromatic carbocycles. The van der Waals surface area contributed by atoms with Gasteiger partial charge in [-0.2, -0.15) is 0 Å². The highest BCUT2D eigenvalue weighted by atomic mass is 16.3. The number of hydrogen-bond acceptors (Lipinski definition) is 3. The maximum atomic E-state index is 11.2. The predicted molar refractivity (Wildman–Crippen MR) is 50.3 cm³/mol. The van der Waals surface area contributed by atoms with Crippen molar-refractivity contribution in [2.75, 3.05) is 13.2 Å². The normalized spacial score (nSPS) is 18.3. The first-order valence-corrected chi connectivity index (χ1v) is 4.86. The van der Waals surface area contributed by atoms with E-state index in [1.54, 1.807) is 6.92 Å². The molecule has 1 aliphatic carbocycles. The van der Waals surface area contributed by atoms with Crippen molar-refractivity contribution in [1.82, 2.24) is 10.6 Å². The molecular weight excluding hydrogens is 168 g/mol. The largest absolute Gasteiger partial charge is 0.394 e. The van der Waals surface area contributed by atoms with Crippen molar-refractivity contribution in [1.29, 1.82) is 0 Å². The van der Waals surface area contributed by atoms with Crippen LogP contribution in [-0.4, -0.2) is 36.2 Å². The maximum Gasteiger partial charge on any atom is 0.221 e. The standard InChI is InChI=1S/C9H18N2O2/c1-7(6-12)11-9(13)4-5-10-8-2-3-8/h7-8,10,12H,2-6H2,1H3,(H,11,13)/t7-/m0/s1. The Morgan fingerprint density at radius 1 is 1.62 bits per heavy atom. The van der Waals surface area contributed by atoms with Crippen molar-refractivity contribution in [3.8, 4) is 0 Å². The summed E-state index contributed by atoms with van der Waals surface area (Å²) in [7, 11) is 0. The second-order valence-corrected chi connectivity index (χ2v) is 3.63. The topological polar surface area (TPSA) is 61.4 Å². The maximum absolute atomic E-state index is 11.2. The van der Waals surface area contributed by atoms with Crippen molar-refractivity contribution < 1.29 is 9.90 Å². The van der Waals surface area contributed by atoms with E-state index < -0.39 is 0 Å². The number of hydrogen-bond donors (Lipinski definition) is 3. The highest BCUT2D eigenvalue weighted by molar-refractivity contribution is 5.76. The molecule has 1 fully saturated rings. The summed E-state index contributed by atoms with van der Waals surface area (Å²) in [5, 5.41) is 14.6. The number of nitrogens with one attached hydrogen (secondary N) is 2. The molecule has 0 unspecified atom stereocenters. The third-order valence-corrected chi connectivity index (χ3v) is 2.04. The molecule has 1 aliphatic rings. The van der Waals surface area contributed by atoms with Crippen LogP contribution >= 0.6 is 0 Å². The molecule has 1 saturated carbocycles. The third kappa shape index (κ3) is 4.85.